The van der Waals surface area contributed by atoms with E-state index in [2.05, 4.69) is 19.2 Å². The van der Waals surface area contributed by atoms with E-state index in [1.807, 2.05) is 0 Å². The maximum Gasteiger partial charge on any atom is 0.333 e. The highest BCUT2D eigenvalue weighted by Crippen LogP contribution is 2.45. The highest BCUT2D eigenvalue weighted by molar-refractivity contribution is 5.83. The summed E-state index contributed by atoms with van der Waals surface area (Å²) in [7, 11) is 0. The molecule has 2 rings (SSSR count). The Morgan fingerprint density at radius 3 is 2.22 bits per heavy atom. The Balaban J connectivity index is 2.11. The van der Waals surface area contributed by atoms with Crippen molar-refractivity contribution in [1.29, 1.82) is 0 Å². The third kappa shape index (κ3) is 2.53. The third-order valence-electron chi connectivity index (χ3n) is 3.42. The summed E-state index contributed by atoms with van der Waals surface area (Å²) in [4.78, 5) is 22.5. The largest absolute Gasteiger partial charge is 0.418 e. The van der Waals surface area contributed by atoms with Gasteiger partial charge in [0.15, 0.2) is 0 Å². The second-order valence-electron chi connectivity index (χ2n) is 4.55. The average molecular weight is 248 g/mol. The first-order valence-electron chi connectivity index (χ1n) is 6.01. The second-order valence-corrected chi connectivity index (χ2v) is 4.55. The molecule has 96 valence electrons. The van der Waals surface area contributed by atoms with Crippen molar-refractivity contribution >= 4 is 11.9 Å². The standard InChI is InChI=1S/C14H16O4/c1-3-12(15)17-14(18-13(16)4-2)11-8-9-5-6-10(11)7-9/h3-4,8-10,14H,1-2,5-7H2. The molecule has 0 spiro atoms. The predicted molar refractivity (Wildman–Crippen MR) is 65.3 cm³/mol. The summed E-state index contributed by atoms with van der Waals surface area (Å²) >= 11 is 0. The summed E-state index contributed by atoms with van der Waals surface area (Å²) in [5, 5.41) is 0. The SMILES string of the molecule is C=CC(=O)OC(OC(=O)C=C)C1=CC2CCC1C2. The fourth-order valence-electron chi connectivity index (χ4n) is 2.62. The summed E-state index contributed by atoms with van der Waals surface area (Å²) < 4.78 is 10.2. The van der Waals surface area contributed by atoms with Gasteiger partial charge in [-0.1, -0.05) is 19.2 Å². The molecule has 2 atom stereocenters. The smallest absolute Gasteiger partial charge is 0.333 e. The van der Waals surface area contributed by atoms with Crippen LogP contribution in [0.4, 0.5) is 0 Å². The van der Waals surface area contributed by atoms with E-state index in [9.17, 15) is 9.59 Å². The molecule has 0 saturated heterocycles. The highest BCUT2D eigenvalue weighted by atomic mass is 16.7. The highest BCUT2D eigenvalue weighted by Gasteiger charge is 2.39. The lowest BCUT2D eigenvalue weighted by Gasteiger charge is -2.22. The van der Waals surface area contributed by atoms with Gasteiger partial charge in [0.2, 0.25) is 0 Å². The molecular formula is C14H16O4. The van der Waals surface area contributed by atoms with E-state index in [4.69, 9.17) is 9.47 Å². The third-order valence-corrected chi connectivity index (χ3v) is 3.42. The van der Waals surface area contributed by atoms with Gasteiger partial charge in [0.1, 0.15) is 0 Å². The van der Waals surface area contributed by atoms with E-state index in [0.29, 0.717) is 11.8 Å². The Kier molecular flexibility index (Phi) is 3.65. The van der Waals surface area contributed by atoms with Crippen LogP contribution in [-0.2, 0) is 19.1 Å². The molecule has 0 aromatic carbocycles. The van der Waals surface area contributed by atoms with Gasteiger partial charge in [0, 0.05) is 17.7 Å². The van der Waals surface area contributed by atoms with E-state index in [-0.39, 0.29) is 0 Å². The molecule has 0 heterocycles. The van der Waals surface area contributed by atoms with Crippen LogP contribution in [-0.4, -0.2) is 18.2 Å². The van der Waals surface area contributed by atoms with Gasteiger partial charge in [-0.05, 0) is 31.1 Å². The van der Waals surface area contributed by atoms with Gasteiger partial charge in [0.05, 0.1) is 0 Å². The lowest BCUT2D eigenvalue weighted by Crippen LogP contribution is -2.27. The monoisotopic (exact) mass is 248 g/mol. The first kappa shape index (κ1) is 12.6. The van der Waals surface area contributed by atoms with Gasteiger partial charge in [-0.2, -0.15) is 0 Å². The van der Waals surface area contributed by atoms with E-state index in [0.717, 1.165) is 37.0 Å². The molecule has 0 aromatic heterocycles. The first-order valence-corrected chi connectivity index (χ1v) is 6.01. The van der Waals surface area contributed by atoms with Crippen molar-refractivity contribution in [1.82, 2.24) is 0 Å². The lowest BCUT2D eigenvalue weighted by molar-refractivity contribution is -0.174. The molecule has 1 saturated carbocycles. The van der Waals surface area contributed by atoms with Crippen LogP contribution in [0.15, 0.2) is 37.0 Å². The normalized spacial score (nSPS) is 24.6. The molecule has 2 aliphatic carbocycles. The average Bonchev–Trinajstić information content (AvgIpc) is 2.99. The number of hydrogen-bond donors (Lipinski definition) is 0. The van der Waals surface area contributed by atoms with E-state index in [1.54, 1.807) is 0 Å². The molecule has 0 amide bonds. The summed E-state index contributed by atoms with van der Waals surface area (Å²) in [6, 6.07) is 0. The Morgan fingerprint density at radius 1 is 1.22 bits per heavy atom. The van der Waals surface area contributed by atoms with Crippen LogP contribution in [0.2, 0.25) is 0 Å². The maximum atomic E-state index is 11.3. The Hall–Kier alpha value is -1.84. The Bertz CT molecular complexity index is 400. The minimum absolute atomic E-state index is 0.357. The fourth-order valence-corrected chi connectivity index (χ4v) is 2.62. The van der Waals surface area contributed by atoms with Crippen LogP contribution in [0.3, 0.4) is 0 Å². The molecule has 0 aliphatic heterocycles. The number of ether oxygens (including phenoxy) is 2. The summed E-state index contributed by atoms with van der Waals surface area (Å²) in [5.41, 5.74) is 0.900. The number of hydrogen-bond acceptors (Lipinski definition) is 4. The van der Waals surface area contributed by atoms with Crippen LogP contribution in [0.25, 0.3) is 0 Å². The summed E-state index contributed by atoms with van der Waals surface area (Å²) in [6.45, 7) is 6.67. The van der Waals surface area contributed by atoms with Crippen molar-refractivity contribution in [3.63, 3.8) is 0 Å². The molecule has 4 heteroatoms. The van der Waals surface area contributed by atoms with Gasteiger partial charge in [0.25, 0.3) is 6.29 Å². The lowest BCUT2D eigenvalue weighted by atomic mass is 9.98. The van der Waals surface area contributed by atoms with Crippen LogP contribution < -0.4 is 0 Å². The van der Waals surface area contributed by atoms with Crippen LogP contribution in [0.5, 0.6) is 0 Å². The predicted octanol–water partition coefficient (Wildman–Crippen LogP) is 2.13. The van der Waals surface area contributed by atoms with Gasteiger partial charge >= 0.3 is 11.9 Å². The number of allylic oxidation sites excluding steroid dienone is 1. The van der Waals surface area contributed by atoms with E-state index in [1.165, 1.54) is 0 Å². The zero-order valence-corrected chi connectivity index (χ0v) is 10.1. The van der Waals surface area contributed by atoms with Crippen molar-refractivity contribution in [3.8, 4) is 0 Å². The molecule has 1 fully saturated rings. The maximum absolute atomic E-state index is 11.3. The fraction of sp³-hybridized carbons (Fsp3) is 0.429. The first-order chi connectivity index (χ1) is 8.63. The number of rotatable bonds is 5. The van der Waals surface area contributed by atoms with Crippen molar-refractivity contribution in [2.24, 2.45) is 11.8 Å². The molecule has 4 nitrogen and oxygen atoms in total. The van der Waals surface area contributed by atoms with Crippen LogP contribution >= 0.6 is 0 Å². The van der Waals surface area contributed by atoms with Crippen molar-refractivity contribution in [3.05, 3.63) is 37.0 Å². The molecule has 2 bridgehead atoms. The van der Waals surface area contributed by atoms with Gasteiger partial charge in [-0.25, -0.2) is 9.59 Å². The molecule has 0 aromatic rings. The number of carbonyl (C=O) groups is 2. The summed E-state index contributed by atoms with van der Waals surface area (Å²) in [6.07, 6.45) is 6.52. The molecule has 0 N–H and O–H groups in total. The second kappa shape index (κ2) is 5.21. The topological polar surface area (TPSA) is 52.6 Å². The molecule has 0 radical (unpaired) electrons. The minimum atomic E-state index is -0.934. The zero-order chi connectivity index (χ0) is 13.1. The Morgan fingerprint density at radius 2 is 1.83 bits per heavy atom. The van der Waals surface area contributed by atoms with Crippen molar-refractivity contribution in [2.75, 3.05) is 0 Å². The molecular weight excluding hydrogens is 232 g/mol. The Labute approximate surface area is 106 Å². The van der Waals surface area contributed by atoms with E-state index < -0.39 is 18.2 Å². The molecule has 2 unspecified atom stereocenters. The minimum Gasteiger partial charge on any atom is -0.418 e. The zero-order valence-electron chi connectivity index (χ0n) is 10.1. The van der Waals surface area contributed by atoms with Gasteiger partial charge in [-0.15, -0.1) is 0 Å². The van der Waals surface area contributed by atoms with Gasteiger partial charge in [-0.3, -0.25) is 0 Å². The van der Waals surface area contributed by atoms with Crippen molar-refractivity contribution in [2.45, 2.75) is 25.6 Å². The number of fused-ring (bicyclic) bond motifs is 2. The van der Waals surface area contributed by atoms with Crippen LogP contribution in [0.1, 0.15) is 19.3 Å². The number of carbonyl (C=O) groups excluding carboxylic acids is 2. The van der Waals surface area contributed by atoms with E-state index >= 15 is 0 Å². The molecule has 18 heavy (non-hydrogen) atoms. The van der Waals surface area contributed by atoms with Gasteiger partial charge < -0.3 is 9.47 Å². The van der Waals surface area contributed by atoms with Crippen molar-refractivity contribution < 1.29 is 19.1 Å². The number of esters is 2. The summed E-state index contributed by atoms with van der Waals surface area (Å²) in [5.74, 6) is -0.311. The van der Waals surface area contributed by atoms with Crippen LogP contribution in [0, 0.1) is 11.8 Å². The molecule has 2 aliphatic rings. The quantitative estimate of drug-likeness (QED) is 0.324.